The number of amides is 1. The van der Waals surface area contributed by atoms with E-state index in [1.54, 1.807) is 16.6 Å². The summed E-state index contributed by atoms with van der Waals surface area (Å²) in [6.07, 6.45) is 1.29. The average Bonchev–Trinajstić information content (AvgIpc) is 3.14. The Bertz CT molecular complexity index is 815. The maximum Gasteiger partial charge on any atom is 0.272 e. The number of rotatable bonds is 5. The number of hydrogen-bond acceptors (Lipinski definition) is 4. The fraction of sp³-hybridized carbons (Fsp3) is 0.500. The fourth-order valence-corrected chi connectivity index (χ4v) is 3.55. The van der Waals surface area contributed by atoms with Crippen LogP contribution in [0.3, 0.4) is 0 Å². The number of aliphatic hydroxyl groups is 1. The third-order valence-electron chi connectivity index (χ3n) is 5.13. The Morgan fingerprint density at radius 3 is 2.73 bits per heavy atom. The van der Waals surface area contributed by atoms with Gasteiger partial charge in [0.15, 0.2) is 0 Å². The summed E-state index contributed by atoms with van der Waals surface area (Å²) in [7, 11) is 1.79. The smallest absolute Gasteiger partial charge is 0.272 e. The molecule has 1 saturated heterocycles. The number of aromatic nitrogens is 2. The van der Waals surface area contributed by atoms with Crippen molar-refractivity contribution in [2.75, 3.05) is 19.7 Å². The standard InChI is InChI=1S/C20H27N3O3/c1-5-16-15(3)18(22(4)21-16)19(24)23-11-10-20(25,12-23)13-26-17-9-7-6-8-14(17)2/h6-9,25H,5,10-13H2,1-4H3/t20-/m1/s1. The van der Waals surface area contributed by atoms with Gasteiger partial charge in [-0.3, -0.25) is 9.48 Å². The van der Waals surface area contributed by atoms with E-state index in [-0.39, 0.29) is 19.1 Å². The molecule has 0 unspecified atom stereocenters. The average molecular weight is 357 g/mol. The molecule has 1 fully saturated rings. The van der Waals surface area contributed by atoms with Gasteiger partial charge in [0.2, 0.25) is 0 Å². The van der Waals surface area contributed by atoms with Crippen LogP contribution in [0.2, 0.25) is 0 Å². The van der Waals surface area contributed by atoms with Gasteiger partial charge in [-0.25, -0.2) is 0 Å². The van der Waals surface area contributed by atoms with Crippen molar-refractivity contribution in [2.45, 2.75) is 39.2 Å². The van der Waals surface area contributed by atoms with Gasteiger partial charge in [0.1, 0.15) is 23.7 Å². The molecular formula is C20H27N3O3. The molecule has 0 spiro atoms. The number of β-amino-alcohol motifs (C(OH)–C–C–N with tert-alkyl or cyclic N) is 1. The molecule has 140 valence electrons. The van der Waals surface area contributed by atoms with Crippen LogP contribution < -0.4 is 4.74 Å². The van der Waals surface area contributed by atoms with Crippen LogP contribution in [0.5, 0.6) is 5.75 Å². The molecule has 1 aromatic carbocycles. The molecule has 26 heavy (non-hydrogen) atoms. The number of likely N-dealkylation sites (tertiary alicyclic amines) is 1. The van der Waals surface area contributed by atoms with Crippen molar-refractivity contribution in [1.29, 1.82) is 0 Å². The van der Waals surface area contributed by atoms with Crippen molar-refractivity contribution in [3.63, 3.8) is 0 Å². The summed E-state index contributed by atoms with van der Waals surface area (Å²) in [5.74, 6) is 0.685. The van der Waals surface area contributed by atoms with E-state index in [2.05, 4.69) is 5.10 Å². The number of carbonyl (C=O) groups excluding carboxylic acids is 1. The number of ether oxygens (including phenoxy) is 1. The SMILES string of the molecule is CCc1nn(C)c(C(=O)N2CC[C@](O)(COc3ccccc3C)C2)c1C. The van der Waals surface area contributed by atoms with Crippen molar-refractivity contribution in [3.05, 3.63) is 46.8 Å². The van der Waals surface area contributed by atoms with Crippen LogP contribution in [0.25, 0.3) is 0 Å². The summed E-state index contributed by atoms with van der Waals surface area (Å²) in [6.45, 7) is 6.89. The summed E-state index contributed by atoms with van der Waals surface area (Å²) in [4.78, 5) is 14.6. The molecule has 1 atom stereocenters. The fourth-order valence-electron chi connectivity index (χ4n) is 3.55. The number of carbonyl (C=O) groups is 1. The molecule has 6 heteroatoms. The second-order valence-electron chi connectivity index (χ2n) is 7.15. The lowest BCUT2D eigenvalue weighted by Gasteiger charge is -2.24. The van der Waals surface area contributed by atoms with Crippen LogP contribution in [-0.2, 0) is 13.5 Å². The summed E-state index contributed by atoms with van der Waals surface area (Å²) in [6, 6.07) is 7.73. The molecule has 3 rings (SSSR count). The van der Waals surface area contributed by atoms with E-state index in [0.29, 0.717) is 18.7 Å². The van der Waals surface area contributed by atoms with Gasteiger partial charge in [-0.1, -0.05) is 25.1 Å². The molecule has 0 aliphatic carbocycles. The van der Waals surface area contributed by atoms with Crippen molar-refractivity contribution < 1.29 is 14.6 Å². The van der Waals surface area contributed by atoms with Crippen molar-refractivity contribution in [3.8, 4) is 5.75 Å². The second-order valence-corrected chi connectivity index (χ2v) is 7.15. The maximum absolute atomic E-state index is 12.9. The quantitative estimate of drug-likeness (QED) is 0.891. The van der Waals surface area contributed by atoms with Gasteiger partial charge in [0.05, 0.1) is 12.2 Å². The number of nitrogens with zero attached hydrogens (tertiary/aromatic N) is 3. The molecule has 1 aliphatic heterocycles. The maximum atomic E-state index is 12.9. The molecule has 0 bridgehead atoms. The minimum atomic E-state index is -1.03. The normalized spacial score (nSPS) is 19.8. The van der Waals surface area contributed by atoms with Gasteiger partial charge in [0.25, 0.3) is 5.91 Å². The van der Waals surface area contributed by atoms with Crippen molar-refractivity contribution in [2.24, 2.45) is 7.05 Å². The van der Waals surface area contributed by atoms with Gasteiger partial charge in [-0.2, -0.15) is 5.10 Å². The molecule has 2 heterocycles. The first-order valence-corrected chi connectivity index (χ1v) is 9.07. The molecular weight excluding hydrogens is 330 g/mol. The molecule has 0 radical (unpaired) electrons. The number of aryl methyl sites for hydroxylation is 3. The van der Waals surface area contributed by atoms with Gasteiger partial charge < -0.3 is 14.7 Å². The van der Waals surface area contributed by atoms with Crippen LogP contribution in [0.1, 0.15) is 40.7 Å². The van der Waals surface area contributed by atoms with Crippen LogP contribution in [-0.4, -0.2) is 51.0 Å². The first kappa shape index (κ1) is 18.5. The largest absolute Gasteiger partial charge is 0.490 e. The van der Waals surface area contributed by atoms with E-state index in [0.717, 1.165) is 29.0 Å². The Morgan fingerprint density at radius 2 is 2.08 bits per heavy atom. The first-order valence-electron chi connectivity index (χ1n) is 9.07. The van der Waals surface area contributed by atoms with Crippen LogP contribution in [0.4, 0.5) is 0 Å². The Kier molecular flexibility index (Phi) is 5.05. The topological polar surface area (TPSA) is 67.6 Å². The lowest BCUT2D eigenvalue weighted by Crippen LogP contribution is -2.41. The number of para-hydroxylation sites is 1. The third-order valence-corrected chi connectivity index (χ3v) is 5.13. The number of benzene rings is 1. The molecule has 0 saturated carbocycles. The van der Waals surface area contributed by atoms with Crippen LogP contribution in [0, 0.1) is 13.8 Å². The Balaban J connectivity index is 1.68. The highest BCUT2D eigenvalue weighted by Gasteiger charge is 2.40. The highest BCUT2D eigenvalue weighted by atomic mass is 16.5. The Labute approximate surface area is 154 Å². The number of hydrogen-bond donors (Lipinski definition) is 1. The molecule has 1 amide bonds. The zero-order valence-electron chi connectivity index (χ0n) is 16.0. The van der Waals surface area contributed by atoms with Crippen LogP contribution in [0.15, 0.2) is 24.3 Å². The minimum absolute atomic E-state index is 0.0796. The predicted octanol–water partition coefficient (Wildman–Crippen LogP) is 2.26. The molecule has 1 aliphatic rings. The van der Waals surface area contributed by atoms with E-state index in [9.17, 15) is 9.90 Å². The lowest BCUT2D eigenvalue weighted by atomic mass is 10.1. The highest BCUT2D eigenvalue weighted by molar-refractivity contribution is 5.94. The van der Waals surface area contributed by atoms with E-state index in [1.807, 2.05) is 45.0 Å². The molecule has 2 aromatic rings. The Hall–Kier alpha value is -2.34. The van der Waals surface area contributed by atoms with E-state index in [1.165, 1.54) is 0 Å². The first-order chi connectivity index (χ1) is 12.3. The third kappa shape index (κ3) is 3.46. The van der Waals surface area contributed by atoms with Crippen molar-refractivity contribution >= 4 is 5.91 Å². The van der Waals surface area contributed by atoms with Gasteiger partial charge >= 0.3 is 0 Å². The summed E-state index contributed by atoms with van der Waals surface area (Å²) < 4.78 is 7.47. The predicted molar refractivity (Wildman–Crippen MR) is 99.5 cm³/mol. The zero-order chi connectivity index (χ0) is 18.9. The molecule has 1 aromatic heterocycles. The lowest BCUT2D eigenvalue weighted by molar-refractivity contribution is 0.00401. The monoisotopic (exact) mass is 357 g/mol. The molecule has 6 nitrogen and oxygen atoms in total. The second kappa shape index (κ2) is 7.11. The van der Waals surface area contributed by atoms with Crippen molar-refractivity contribution in [1.82, 2.24) is 14.7 Å². The molecule has 1 N–H and O–H groups in total. The summed E-state index contributed by atoms with van der Waals surface area (Å²) in [5, 5.41) is 15.3. The summed E-state index contributed by atoms with van der Waals surface area (Å²) >= 11 is 0. The summed E-state index contributed by atoms with van der Waals surface area (Å²) in [5.41, 5.74) is 2.46. The van der Waals surface area contributed by atoms with E-state index >= 15 is 0 Å². The van der Waals surface area contributed by atoms with Crippen LogP contribution >= 0.6 is 0 Å². The van der Waals surface area contributed by atoms with Gasteiger partial charge in [-0.05, 0) is 38.3 Å². The van der Waals surface area contributed by atoms with Gasteiger partial charge in [0, 0.05) is 19.2 Å². The van der Waals surface area contributed by atoms with E-state index < -0.39 is 5.60 Å². The highest BCUT2D eigenvalue weighted by Crippen LogP contribution is 2.26. The Morgan fingerprint density at radius 1 is 1.35 bits per heavy atom. The van der Waals surface area contributed by atoms with E-state index in [4.69, 9.17) is 4.74 Å². The minimum Gasteiger partial charge on any atom is -0.490 e. The van der Waals surface area contributed by atoms with Gasteiger partial charge in [-0.15, -0.1) is 0 Å². The zero-order valence-corrected chi connectivity index (χ0v) is 16.0.